The largest absolute Gasteiger partial charge is 0.354 e. The molecule has 0 heterocycles. The van der Waals surface area contributed by atoms with Crippen LogP contribution in [0.25, 0.3) is 0 Å². The van der Waals surface area contributed by atoms with Gasteiger partial charge in [-0.1, -0.05) is 13.8 Å². The fraction of sp³-hybridized carbons (Fsp3) is 0.889. The SMILES string of the molecule is COC(CNC(=O)CC(C)C)OC. The minimum absolute atomic E-state index is 0.0362. The number of hydrogen-bond donors (Lipinski definition) is 1. The van der Waals surface area contributed by atoms with Crippen LogP contribution in [0.2, 0.25) is 0 Å². The van der Waals surface area contributed by atoms with Crippen molar-refractivity contribution in [3.05, 3.63) is 0 Å². The molecule has 0 saturated carbocycles. The van der Waals surface area contributed by atoms with Crippen LogP contribution in [-0.4, -0.2) is 33.0 Å². The lowest BCUT2D eigenvalue weighted by Gasteiger charge is -2.14. The molecule has 1 amide bonds. The number of ether oxygens (including phenoxy) is 2. The van der Waals surface area contributed by atoms with E-state index < -0.39 is 0 Å². The molecule has 0 aliphatic carbocycles. The fourth-order valence-electron chi connectivity index (χ4n) is 0.903. The summed E-state index contributed by atoms with van der Waals surface area (Å²) in [5.41, 5.74) is 0. The number of carbonyl (C=O) groups excluding carboxylic acids is 1. The summed E-state index contributed by atoms with van der Waals surface area (Å²) < 4.78 is 9.84. The molecular formula is C9H19NO3. The maximum Gasteiger partial charge on any atom is 0.220 e. The average Bonchev–Trinajstić information content (AvgIpc) is 2.05. The molecule has 4 heteroatoms. The molecule has 0 aliphatic heterocycles. The summed E-state index contributed by atoms with van der Waals surface area (Å²) in [5, 5.41) is 2.73. The Kier molecular flexibility index (Phi) is 6.54. The molecule has 0 rings (SSSR count). The van der Waals surface area contributed by atoms with Crippen LogP contribution < -0.4 is 5.32 Å². The van der Waals surface area contributed by atoms with Gasteiger partial charge in [0.15, 0.2) is 6.29 Å². The highest BCUT2D eigenvalue weighted by molar-refractivity contribution is 5.76. The normalized spacial score (nSPS) is 10.9. The monoisotopic (exact) mass is 189 g/mol. The Morgan fingerprint density at radius 1 is 1.31 bits per heavy atom. The van der Waals surface area contributed by atoms with Gasteiger partial charge < -0.3 is 14.8 Å². The van der Waals surface area contributed by atoms with E-state index in [1.165, 1.54) is 0 Å². The Labute approximate surface area is 79.6 Å². The molecule has 1 N–H and O–H groups in total. The molecule has 0 atom stereocenters. The van der Waals surface area contributed by atoms with E-state index in [0.29, 0.717) is 18.9 Å². The number of carbonyl (C=O) groups is 1. The first-order chi connectivity index (χ1) is 6.10. The molecule has 0 aliphatic rings. The lowest BCUT2D eigenvalue weighted by molar-refractivity contribution is -0.128. The zero-order chi connectivity index (χ0) is 10.3. The lowest BCUT2D eigenvalue weighted by atomic mass is 10.1. The van der Waals surface area contributed by atoms with Crippen molar-refractivity contribution in [3.63, 3.8) is 0 Å². The van der Waals surface area contributed by atoms with E-state index in [1.807, 2.05) is 13.8 Å². The summed E-state index contributed by atoms with van der Waals surface area (Å²) in [6, 6.07) is 0. The molecule has 0 saturated heterocycles. The van der Waals surface area contributed by atoms with Crippen LogP contribution in [-0.2, 0) is 14.3 Å². The van der Waals surface area contributed by atoms with E-state index in [-0.39, 0.29) is 12.2 Å². The molecular weight excluding hydrogens is 170 g/mol. The Morgan fingerprint density at radius 2 is 1.85 bits per heavy atom. The maximum absolute atomic E-state index is 11.2. The van der Waals surface area contributed by atoms with E-state index in [2.05, 4.69) is 5.32 Å². The quantitative estimate of drug-likeness (QED) is 0.628. The van der Waals surface area contributed by atoms with E-state index in [0.717, 1.165) is 0 Å². The number of methoxy groups -OCH3 is 2. The van der Waals surface area contributed by atoms with Gasteiger partial charge in [-0.2, -0.15) is 0 Å². The third-order valence-corrected chi connectivity index (χ3v) is 1.59. The van der Waals surface area contributed by atoms with Crippen LogP contribution in [0.3, 0.4) is 0 Å². The summed E-state index contributed by atoms with van der Waals surface area (Å²) in [5.74, 6) is 0.414. The standard InChI is InChI=1S/C9H19NO3/c1-7(2)5-8(11)10-6-9(12-3)13-4/h7,9H,5-6H2,1-4H3,(H,10,11). The second-order valence-electron chi connectivity index (χ2n) is 3.30. The van der Waals surface area contributed by atoms with Gasteiger partial charge in [0.25, 0.3) is 0 Å². The van der Waals surface area contributed by atoms with Crippen molar-refractivity contribution in [1.82, 2.24) is 5.32 Å². The number of rotatable bonds is 6. The van der Waals surface area contributed by atoms with Crippen molar-refractivity contribution in [1.29, 1.82) is 0 Å². The van der Waals surface area contributed by atoms with Crippen LogP contribution in [0, 0.1) is 5.92 Å². The van der Waals surface area contributed by atoms with Gasteiger partial charge in [-0.3, -0.25) is 4.79 Å². The Hall–Kier alpha value is -0.610. The average molecular weight is 189 g/mol. The van der Waals surface area contributed by atoms with Crippen LogP contribution in [0.15, 0.2) is 0 Å². The molecule has 0 aromatic carbocycles. The third kappa shape index (κ3) is 6.54. The molecule has 13 heavy (non-hydrogen) atoms. The second kappa shape index (κ2) is 6.86. The highest BCUT2D eigenvalue weighted by atomic mass is 16.7. The second-order valence-corrected chi connectivity index (χ2v) is 3.30. The molecule has 0 bridgehead atoms. The predicted octanol–water partition coefficient (Wildman–Crippen LogP) is 0.768. The molecule has 78 valence electrons. The van der Waals surface area contributed by atoms with Crippen molar-refractivity contribution in [2.45, 2.75) is 26.6 Å². The van der Waals surface area contributed by atoms with Crippen molar-refractivity contribution in [3.8, 4) is 0 Å². The van der Waals surface area contributed by atoms with Crippen molar-refractivity contribution >= 4 is 5.91 Å². The van der Waals surface area contributed by atoms with E-state index >= 15 is 0 Å². The molecule has 0 spiro atoms. The fourth-order valence-corrected chi connectivity index (χ4v) is 0.903. The van der Waals surface area contributed by atoms with Crippen molar-refractivity contribution < 1.29 is 14.3 Å². The summed E-state index contributed by atoms with van der Waals surface area (Å²) in [6.45, 7) is 4.41. The summed E-state index contributed by atoms with van der Waals surface area (Å²) in [6.07, 6.45) is 0.191. The van der Waals surface area contributed by atoms with Gasteiger partial charge in [0.2, 0.25) is 5.91 Å². The van der Waals surface area contributed by atoms with Gasteiger partial charge in [0.1, 0.15) is 0 Å². The highest BCUT2D eigenvalue weighted by Gasteiger charge is 2.08. The van der Waals surface area contributed by atoms with Crippen LogP contribution >= 0.6 is 0 Å². The smallest absolute Gasteiger partial charge is 0.220 e. The summed E-state index contributed by atoms with van der Waals surface area (Å²) in [4.78, 5) is 11.2. The van der Waals surface area contributed by atoms with Crippen molar-refractivity contribution in [2.75, 3.05) is 20.8 Å². The summed E-state index contributed by atoms with van der Waals surface area (Å²) in [7, 11) is 3.09. The van der Waals surface area contributed by atoms with Gasteiger partial charge in [0, 0.05) is 20.6 Å². The van der Waals surface area contributed by atoms with Gasteiger partial charge in [-0.05, 0) is 5.92 Å². The molecule has 0 unspecified atom stereocenters. The summed E-state index contributed by atoms with van der Waals surface area (Å²) >= 11 is 0. The predicted molar refractivity (Wildman–Crippen MR) is 50.3 cm³/mol. The first-order valence-electron chi connectivity index (χ1n) is 4.42. The minimum atomic E-state index is -0.351. The van der Waals surface area contributed by atoms with Crippen LogP contribution in [0.5, 0.6) is 0 Å². The Bertz CT molecular complexity index is 144. The first kappa shape index (κ1) is 12.4. The van der Waals surface area contributed by atoms with Crippen molar-refractivity contribution in [2.24, 2.45) is 5.92 Å². The zero-order valence-corrected chi connectivity index (χ0v) is 8.79. The van der Waals surface area contributed by atoms with Gasteiger partial charge in [0.05, 0.1) is 6.54 Å². The maximum atomic E-state index is 11.2. The number of amides is 1. The Balaban J connectivity index is 3.56. The molecule has 0 aromatic heterocycles. The lowest BCUT2D eigenvalue weighted by Crippen LogP contribution is -2.34. The molecule has 0 radical (unpaired) electrons. The first-order valence-corrected chi connectivity index (χ1v) is 4.42. The Morgan fingerprint density at radius 3 is 2.23 bits per heavy atom. The zero-order valence-electron chi connectivity index (χ0n) is 8.79. The number of nitrogens with one attached hydrogen (secondary N) is 1. The topological polar surface area (TPSA) is 47.6 Å². The van der Waals surface area contributed by atoms with E-state index in [4.69, 9.17) is 9.47 Å². The highest BCUT2D eigenvalue weighted by Crippen LogP contribution is 1.98. The van der Waals surface area contributed by atoms with E-state index in [1.54, 1.807) is 14.2 Å². The third-order valence-electron chi connectivity index (χ3n) is 1.59. The molecule has 4 nitrogen and oxygen atoms in total. The molecule has 0 fully saturated rings. The number of hydrogen-bond acceptors (Lipinski definition) is 3. The van der Waals surface area contributed by atoms with E-state index in [9.17, 15) is 4.79 Å². The van der Waals surface area contributed by atoms with Gasteiger partial charge in [-0.15, -0.1) is 0 Å². The minimum Gasteiger partial charge on any atom is -0.354 e. The van der Waals surface area contributed by atoms with Gasteiger partial charge in [-0.25, -0.2) is 0 Å². The van der Waals surface area contributed by atoms with Gasteiger partial charge >= 0.3 is 0 Å². The van der Waals surface area contributed by atoms with Crippen LogP contribution in [0.1, 0.15) is 20.3 Å². The van der Waals surface area contributed by atoms with Crippen LogP contribution in [0.4, 0.5) is 0 Å². The molecule has 0 aromatic rings.